The van der Waals surface area contributed by atoms with Crippen molar-refractivity contribution in [1.82, 2.24) is 5.32 Å². The maximum Gasteiger partial charge on any atom is 0.224 e. The number of hydrogen-bond acceptors (Lipinski definition) is 4. The fourth-order valence-corrected chi connectivity index (χ4v) is 3.84. The van der Waals surface area contributed by atoms with Gasteiger partial charge in [-0.3, -0.25) is 4.79 Å². The highest BCUT2D eigenvalue weighted by Crippen LogP contribution is 2.19. The van der Waals surface area contributed by atoms with Crippen molar-refractivity contribution in [3.63, 3.8) is 0 Å². The quantitative estimate of drug-likeness (QED) is 0.671. The molecule has 2 rings (SSSR count). The maximum atomic E-state index is 12.2. The number of nitrogens with two attached hydrogens (primary N) is 1. The lowest BCUT2D eigenvalue weighted by Crippen LogP contribution is -2.36. The fourth-order valence-electron chi connectivity index (χ4n) is 2.51. The minimum Gasteiger partial charge on any atom is -0.356 e. The molecule has 7 heteroatoms. The zero-order chi connectivity index (χ0) is 18.3. The predicted molar refractivity (Wildman–Crippen MR) is 106 cm³/mol. The second-order valence-corrected chi connectivity index (χ2v) is 8.11. The molecule has 0 spiro atoms. The molecule has 5 nitrogen and oxygen atoms in total. The van der Waals surface area contributed by atoms with Gasteiger partial charge in [-0.2, -0.15) is 0 Å². The first-order chi connectivity index (χ1) is 11.9. The third-order valence-corrected chi connectivity index (χ3v) is 5.94. The topological polar surface area (TPSA) is 89.3 Å². The van der Waals surface area contributed by atoms with Crippen molar-refractivity contribution < 1.29 is 13.2 Å². The molecule has 0 heterocycles. The van der Waals surface area contributed by atoms with E-state index in [4.69, 9.17) is 5.73 Å². The molecular weight excluding hydrogens is 372 g/mol. The largest absolute Gasteiger partial charge is 0.356 e. The van der Waals surface area contributed by atoms with Gasteiger partial charge < -0.3 is 11.1 Å². The smallest absolute Gasteiger partial charge is 0.224 e. The SMILES string of the molecule is CC(C(=O)NCCCS(=O)(=O)c1ccccc1)C(N)c1ccccc1.Cl. The Labute approximate surface area is 161 Å². The van der Waals surface area contributed by atoms with Gasteiger partial charge in [0.05, 0.1) is 16.6 Å². The van der Waals surface area contributed by atoms with Gasteiger partial charge in [0.1, 0.15) is 0 Å². The minimum atomic E-state index is -3.31. The molecule has 2 unspecified atom stereocenters. The van der Waals surface area contributed by atoms with E-state index in [-0.39, 0.29) is 24.1 Å². The molecule has 0 aromatic heterocycles. The average Bonchev–Trinajstić information content (AvgIpc) is 2.65. The molecule has 0 fully saturated rings. The summed E-state index contributed by atoms with van der Waals surface area (Å²) in [6.45, 7) is 2.07. The number of benzene rings is 2. The van der Waals surface area contributed by atoms with Crippen molar-refractivity contribution in [3.05, 3.63) is 66.2 Å². The fraction of sp³-hybridized carbons (Fsp3) is 0.316. The Hall–Kier alpha value is -1.89. The van der Waals surface area contributed by atoms with Gasteiger partial charge in [0.15, 0.2) is 9.84 Å². The second-order valence-electron chi connectivity index (χ2n) is 6.00. The number of halogens is 1. The van der Waals surface area contributed by atoms with Crippen molar-refractivity contribution in [3.8, 4) is 0 Å². The van der Waals surface area contributed by atoms with Crippen LogP contribution in [-0.2, 0) is 14.6 Å². The molecule has 0 bridgehead atoms. The summed E-state index contributed by atoms with van der Waals surface area (Å²) in [5.74, 6) is -0.572. The first-order valence-electron chi connectivity index (χ1n) is 8.28. The predicted octanol–water partition coefficient (Wildman–Crippen LogP) is 2.72. The summed E-state index contributed by atoms with van der Waals surface area (Å²) in [4.78, 5) is 12.5. The molecule has 0 aliphatic heterocycles. The molecule has 3 N–H and O–H groups in total. The molecule has 0 aliphatic carbocycles. The zero-order valence-corrected chi connectivity index (χ0v) is 16.3. The number of sulfone groups is 1. The second kappa shape index (κ2) is 10.3. The summed E-state index contributed by atoms with van der Waals surface area (Å²) >= 11 is 0. The van der Waals surface area contributed by atoms with E-state index in [0.29, 0.717) is 17.9 Å². The van der Waals surface area contributed by atoms with Gasteiger partial charge in [-0.15, -0.1) is 12.4 Å². The van der Waals surface area contributed by atoms with Gasteiger partial charge in [-0.05, 0) is 24.1 Å². The van der Waals surface area contributed by atoms with Crippen molar-refractivity contribution >= 4 is 28.2 Å². The Morgan fingerprint density at radius 1 is 1.04 bits per heavy atom. The van der Waals surface area contributed by atoms with Crippen molar-refractivity contribution in [2.75, 3.05) is 12.3 Å². The van der Waals surface area contributed by atoms with Gasteiger partial charge in [0.25, 0.3) is 0 Å². The molecule has 26 heavy (non-hydrogen) atoms. The van der Waals surface area contributed by atoms with Crippen LogP contribution in [0.1, 0.15) is 24.9 Å². The highest BCUT2D eigenvalue weighted by atomic mass is 35.5. The zero-order valence-electron chi connectivity index (χ0n) is 14.7. The molecule has 0 saturated carbocycles. The molecule has 2 atom stereocenters. The summed E-state index contributed by atoms with van der Waals surface area (Å²) in [5.41, 5.74) is 7.03. The van der Waals surface area contributed by atoms with Crippen LogP contribution in [0.5, 0.6) is 0 Å². The molecule has 142 valence electrons. The van der Waals surface area contributed by atoms with Crippen molar-refractivity contribution in [2.45, 2.75) is 24.3 Å². The summed E-state index contributed by atoms with van der Waals surface area (Å²) in [5, 5.41) is 2.77. The molecule has 2 aromatic carbocycles. The standard InChI is InChI=1S/C19H24N2O3S.ClH/c1-15(18(20)16-9-4-2-5-10-16)19(22)21-13-8-14-25(23,24)17-11-6-3-7-12-17;/h2-7,9-12,15,18H,8,13-14,20H2,1H3,(H,21,22);1H. The first kappa shape index (κ1) is 22.2. The number of amides is 1. The normalized spacial score (nSPS) is 13.3. The van der Waals surface area contributed by atoms with E-state index in [9.17, 15) is 13.2 Å². The number of rotatable bonds is 8. The van der Waals surface area contributed by atoms with Gasteiger partial charge in [0, 0.05) is 12.6 Å². The summed E-state index contributed by atoms with van der Waals surface area (Å²) in [6, 6.07) is 17.4. The van der Waals surface area contributed by atoms with Gasteiger partial charge >= 0.3 is 0 Å². The lowest BCUT2D eigenvalue weighted by molar-refractivity contribution is -0.125. The number of hydrogen-bond donors (Lipinski definition) is 2. The van der Waals surface area contributed by atoms with E-state index >= 15 is 0 Å². The van der Waals surface area contributed by atoms with Gasteiger partial charge in [0.2, 0.25) is 5.91 Å². The van der Waals surface area contributed by atoms with Crippen LogP contribution in [0, 0.1) is 5.92 Å². The Kier molecular flexibility index (Phi) is 8.78. The van der Waals surface area contributed by atoms with E-state index < -0.39 is 21.8 Å². The molecule has 2 aromatic rings. The Bertz CT molecular complexity index is 783. The lowest BCUT2D eigenvalue weighted by Gasteiger charge is -2.19. The summed E-state index contributed by atoms with van der Waals surface area (Å²) in [7, 11) is -3.31. The number of nitrogens with one attached hydrogen (secondary N) is 1. The van der Waals surface area contributed by atoms with Crippen molar-refractivity contribution in [1.29, 1.82) is 0 Å². The van der Waals surface area contributed by atoms with E-state index in [0.717, 1.165) is 5.56 Å². The Morgan fingerprint density at radius 3 is 2.15 bits per heavy atom. The first-order valence-corrected chi connectivity index (χ1v) is 9.93. The van der Waals surface area contributed by atoms with Gasteiger partial charge in [-0.25, -0.2) is 8.42 Å². The summed E-state index contributed by atoms with van der Waals surface area (Å²) < 4.78 is 24.3. The molecule has 1 amide bonds. The maximum absolute atomic E-state index is 12.2. The lowest BCUT2D eigenvalue weighted by atomic mass is 9.95. The monoisotopic (exact) mass is 396 g/mol. The molecule has 0 radical (unpaired) electrons. The highest BCUT2D eigenvalue weighted by Gasteiger charge is 2.22. The van der Waals surface area contributed by atoms with E-state index in [1.807, 2.05) is 30.3 Å². The van der Waals surface area contributed by atoms with Crippen LogP contribution in [0.3, 0.4) is 0 Å². The van der Waals surface area contributed by atoms with Gasteiger partial charge in [-0.1, -0.05) is 55.5 Å². The van der Waals surface area contributed by atoms with E-state index in [1.54, 1.807) is 37.3 Å². The third kappa shape index (κ3) is 6.12. The van der Waals surface area contributed by atoms with E-state index in [2.05, 4.69) is 5.32 Å². The van der Waals surface area contributed by atoms with Crippen LogP contribution in [0.25, 0.3) is 0 Å². The Morgan fingerprint density at radius 2 is 1.58 bits per heavy atom. The van der Waals surface area contributed by atoms with Crippen LogP contribution in [0.4, 0.5) is 0 Å². The van der Waals surface area contributed by atoms with E-state index in [1.165, 1.54) is 0 Å². The average molecular weight is 397 g/mol. The van der Waals surface area contributed by atoms with Crippen LogP contribution in [-0.4, -0.2) is 26.6 Å². The number of carbonyl (C=O) groups excluding carboxylic acids is 1. The van der Waals surface area contributed by atoms with Crippen LogP contribution >= 0.6 is 12.4 Å². The third-order valence-electron chi connectivity index (χ3n) is 4.13. The number of carbonyl (C=O) groups is 1. The molecule has 0 saturated heterocycles. The van der Waals surface area contributed by atoms with Crippen LogP contribution < -0.4 is 11.1 Å². The van der Waals surface area contributed by atoms with Crippen molar-refractivity contribution in [2.24, 2.45) is 11.7 Å². The molecule has 0 aliphatic rings. The molecular formula is C19H25ClN2O3S. The minimum absolute atomic E-state index is 0. The highest BCUT2D eigenvalue weighted by molar-refractivity contribution is 7.91. The summed E-state index contributed by atoms with van der Waals surface area (Å²) in [6.07, 6.45) is 0.357. The van der Waals surface area contributed by atoms with Crippen LogP contribution in [0.15, 0.2) is 65.6 Å². The van der Waals surface area contributed by atoms with Crippen LogP contribution in [0.2, 0.25) is 0 Å². The Balaban J connectivity index is 0.00000338.